The van der Waals surface area contributed by atoms with Crippen molar-refractivity contribution in [2.75, 3.05) is 37.7 Å². The number of hydrogen-bond acceptors (Lipinski definition) is 6. The standard InChI is InChI=1S/C18H21N5O2/c24-18(14-3-4-21-17(11-14)22-7-1-2-8-22)23-9-10-25-16(13-23)15-12-19-5-6-20-15/h3-6,11-12,16H,1-2,7-10,13H2. The van der Waals surface area contributed by atoms with Gasteiger partial charge in [0.1, 0.15) is 11.9 Å². The normalized spacial score (nSPS) is 20.7. The third kappa shape index (κ3) is 3.46. The van der Waals surface area contributed by atoms with Crippen LogP contribution in [0.4, 0.5) is 5.82 Å². The van der Waals surface area contributed by atoms with E-state index in [-0.39, 0.29) is 12.0 Å². The zero-order valence-electron chi connectivity index (χ0n) is 14.0. The first kappa shape index (κ1) is 16.0. The van der Waals surface area contributed by atoms with Crippen molar-refractivity contribution < 1.29 is 9.53 Å². The van der Waals surface area contributed by atoms with Crippen molar-refractivity contribution in [1.82, 2.24) is 19.9 Å². The van der Waals surface area contributed by atoms with Crippen LogP contribution in [0.25, 0.3) is 0 Å². The van der Waals surface area contributed by atoms with E-state index in [0.29, 0.717) is 25.3 Å². The van der Waals surface area contributed by atoms with Crippen molar-refractivity contribution in [3.63, 3.8) is 0 Å². The van der Waals surface area contributed by atoms with E-state index in [0.717, 1.165) is 24.6 Å². The highest BCUT2D eigenvalue weighted by Crippen LogP contribution is 2.23. The summed E-state index contributed by atoms with van der Waals surface area (Å²) >= 11 is 0. The van der Waals surface area contributed by atoms with Gasteiger partial charge in [0.25, 0.3) is 5.91 Å². The van der Waals surface area contributed by atoms with E-state index in [1.165, 1.54) is 12.8 Å². The monoisotopic (exact) mass is 339 g/mol. The molecule has 7 nitrogen and oxygen atoms in total. The second-order valence-corrected chi connectivity index (χ2v) is 6.34. The fourth-order valence-corrected chi connectivity index (χ4v) is 3.34. The van der Waals surface area contributed by atoms with Gasteiger partial charge >= 0.3 is 0 Å². The maximum absolute atomic E-state index is 12.9. The summed E-state index contributed by atoms with van der Waals surface area (Å²) in [5.41, 5.74) is 1.43. The first-order valence-corrected chi connectivity index (χ1v) is 8.69. The smallest absolute Gasteiger partial charge is 0.254 e. The molecule has 7 heteroatoms. The van der Waals surface area contributed by atoms with Gasteiger partial charge in [0, 0.05) is 43.8 Å². The minimum Gasteiger partial charge on any atom is -0.368 e. The predicted octanol–water partition coefficient (Wildman–Crippen LogP) is 1.69. The Morgan fingerprint density at radius 3 is 2.80 bits per heavy atom. The molecule has 0 saturated carbocycles. The first-order valence-electron chi connectivity index (χ1n) is 8.69. The zero-order valence-corrected chi connectivity index (χ0v) is 14.0. The third-order valence-electron chi connectivity index (χ3n) is 4.69. The maximum Gasteiger partial charge on any atom is 0.254 e. The molecule has 0 N–H and O–H groups in total. The van der Waals surface area contributed by atoms with Gasteiger partial charge in [0.05, 0.1) is 25.0 Å². The Bertz CT molecular complexity index is 733. The van der Waals surface area contributed by atoms with Gasteiger partial charge in [-0.05, 0) is 25.0 Å². The van der Waals surface area contributed by atoms with Crippen molar-refractivity contribution >= 4 is 11.7 Å². The molecule has 2 aromatic rings. The van der Waals surface area contributed by atoms with Gasteiger partial charge in [-0.2, -0.15) is 0 Å². The molecule has 1 amide bonds. The third-order valence-corrected chi connectivity index (χ3v) is 4.69. The van der Waals surface area contributed by atoms with Crippen molar-refractivity contribution in [2.45, 2.75) is 18.9 Å². The number of ether oxygens (including phenoxy) is 1. The van der Waals surface area contributed by atoms with Gasteiger partial charge in [-0.1, -0.05) is 0 Å². The number of carbonyl (C=O) groups is 1. The van der Waals surface area contributed by atoms with Crippen LogP contribution in [0.5, 0.6) is 0 Å². The van der Waals surface area contributed by atoms with Crippen molar-refractivity contribution in [3.05, 3.63) is 48.2 Å². The van der Waals surface area contributed by atoms with Crippen LogP contribution in [0.1, 0.15) is 35.0 Å². The molecule has 2 aliphatic rings. The second-order valence-electron chi connectivity index (χ2n) is 6.34. The number of rotatable bonds is 3. The molecular weight excluding hydrogens is 318 g/mol. The van der Waals surface area contributed by atoms with Crippen LogP contribution in [-0.4, -0.2) is 58.5 Å². The van der Waals surface area contributed by atoms with E-state index < -0.39 is 0 Å². The van der Waals surface area contributed by atoms with Crippen LogP contribution in [0.2, 0.25) is 0 Å². The molecule has 2 aliphatic heterocycles. The van der Waals surface area contributed by atoms with E-state index in [1.54, 1.807) is 30.9 Å². The molecular formula is C18H21N5O2. The molecule has 4 rings (SSSR count). The number of nitrogens with zero attached hydrogens (tertiary/aromatic N) is 5. The highest BCUT2D eigenvalue weighted by atomic mass is 16.5. The molecule has 130 valence electrons. The number of hydrogen-bond donors (Lipinski definition) is 0. The second kappa shape index (κ2) is 7.14. The van der Waals surface area contributed by atoms with Crippen molar-refractivity contribution in [2.24, 2.45) is 0 Å². The molecule has 2 aromatic heterocycles. The molecule has 2 fully saturated rings. The van der Waals surface area contributed by atoms with Crippen molar-refractivity contribution in [1.29, 1.82) is 0 Å². The van der Waals surface area contributed by atoms with Crippen LogP contribution in [0.15, 0.2) is 36.9 Å². The summed E-state index contributed by atoms with van der Waals surface area (Å²) in [7, 11) is 0. The minimum absolute atomic E-state index is 0.0139. The van der Waals surface area contributed by atoms with Gasteiger partial charge in [0.15, 0.2) is 0 Å². The number of anilines is 1. The Morgan fingerprint density at radius 1 is 1.12 bits per heavy atom. The lowest BCUT2D eigenvalue weighted by Gasteiger charge is -2.32. The minimum atomic E-state index is -0.230. The summed E-state index contributed by atoms with van der Waals surface area (Å²) in [6, 6.07) is 3.69. The maximum atomic E-state index is 12.9. The SMILES string of the molecule is O=C(c1ccnc(N2CCCC2)c1)N1CCOC(c2cnccn2)C1. The lowest BCUT2D eigenvalue weighted by Crippen LogP contribution is -2.42. The Labute approximate surface area is 146 Å². The van der Waals surface area contributed by atoms with Crippen LogP contribution >= 0.6 is 0 Å². The van der Waals surface area contributed by atoms with E-state index in [9.17, 15) is 4.79 Å². The molecule has 0 radical (unpaired) electrons. The van der Waals surface area contributed by atoms with Gasteiger partial charge in [0.2, 0.25) is 0 Å². The van der Waals surface area contributed by atoms with E-state index in [2.05, 4.69) is 19.9 Å². The summed E-state index contributed by atoms with van der Waals surface area (Å²) in [6.45, 7) is 3.58. The molecule has 1 atom stereocenters. The average Bonchev–Trinajstić information content (AvgIpc) is 3.23. The topological polar surface area (TPSA) is 71.5 Å². The molecule has 0 aromatic carbocycles. The summed E-state index contributed by atoms with van der Waals surface area (Å²) in [5, 5.41) is 0. The largest absolute Gasteiger partial charge is 0.368 e. The molecule has 0 bridgehead atoms. The van der Waals surface area contributed by atoms with Crippen LogP contribution < -0.4 is 4.90 Å². The van der Waals surface area contributed by atoms with E-state index >= 15 is 0 Å². The van der Waals surface area contributed by atoms with Crippen LogP contribution in [0.3, 0.4) is 0 Å². The lowest BCUT2D eigenvalue weighted by atomic mass is 10.1. The predicted molar refractivity (Wildman–Crippen MR) is 92.3 cm³/mol. The quantitative estimate of drug-likeness (QED) is 0.847. The molecule has 0 spiro atoms. The molecule has 4 heterocycles. The zero-order chi connectivity index (χ0) is 17.1. The van der Waals surface area contributed by atoms with E-state index in [4.69, 9.17) is 4.74 Å². The average molecular weight is 339 g/mol. The van der Waals surface area contributed by atoms with Crippen LogP contribution in [-0.2, 0) is 4.74 Å². The Kier molecular flexibility index (Phi) is 4.56. The lowest BCUT2D eigenvalue weighted by molar-refractivity contribution is -0.0249. The molecule has 1 unspecified atom stereocenters. The van der Waals surface area contributed by atoms with E-state index in [1.807, 2.05) is 11.0 Å². The van der Waals surface area contributed by atoms with Gasteiger partial charge in [-0.25, -0.2) is 4.98 Å². The first-order chi connectivity index (χ1) is 12.3. The molecule has 2 saturated heterocycles. The number of morpholine rings is 1. The Balaban J connectivity index is 1.49. The highest BCUT2D eigenvalue weighted by Gasteiger charge is 2.27. The van der Waals surface area contributed by atoms with Crippen molar-refractivity contribution in [3.8, 4) is 0 Å². The van der Waals surface area contributed by atoms with Gasteiger partial charge in [-0.3, -0.25) is 14.8 Å². The summed E-state index contributed by atoms with van der Waals surface area (Å²) < 4.78 is 5.77. The molecule has 0 aliphatic carbocycles. The van der Waals surface area contributed by atoms with Gasteiger partial charge < -0.3 is 14.5 Å². The van der Waals surface area contributed by atoms with Gasteiger partial charge in [-0.15, -0.1) is 0 Å². The number of aromatic nitrogens is 3. The highest BCUT2D eigenvalue weighted by molar-refractivity contribution is 5.95. The summed E-state index contributed by atoms with van der Waals surface area (Å²) in [6.07, 6.45) is 8.83. The van der Waals surface area contributed by atoms with Crippen LogP contribution in [0, 0.1) is 0 Å². The Morgan fingerprint density at radius 2 is 2.00 bits per heavy atom. The number of pyridine rings is 1. The fourth-order valence-electron chi connectivity index (χ4n) is 3.34. The summed E-state index contributed by atoms with van der Waals surface area (Å²) in [4.78, 5) is 29.8. The summed E-state index contributed by atoms with van der Waals surface area (Å²) in [5.74, 6) is 0.905. The number of amides is 1. The number of carbonyl (C=O) groups excluding carboxylic acids is 1. The molecule has 25 heavy (non-hydrogen) atoms. The Hall–Kier alpha value is -2.54. The fraction of sp³-hybridized carbons (Fsp3) is 0.444.